The fourth-order valence-electron chi connectivity index (χ4n) is 1.85. The Kier molecular flexibility index (Phi) is 57.4. The van der Waals surface area contributed by atoms with E-state index in [2.05, 4.69) is 92.4 Å². The lowest BCUT2D eigenvalue weighted by molar-refractivity contribution is 1.09. The highest BCUT2D eigenvalue weighted by atomic mass is 32.2. The first kappa shape index (κ1) is 42.7. The van der Waals surface area contributed by atoms with Crippen LogP contribution in [0.2, 0.25) is 0 Å². The maximum absolute atomic E-state index is 5.09. The first-order chi connectivity index (χ1) is 17.2. The van der Waals surface area contributed by atoms with E-state index in [1.165, 1.54) is 70.4 Å². The Labute approximate surface area is 271 Å². The van der Waals surface area contributed by atoms with Gasteiger partial charge in [0.15, 0.2) is 6.08 Å². The molecule has 11 heteroatoms. The number of hydrogen-bond acceptors (Lipinski definition) is 11. The van der Waals surface area contributed by atoms with Crippen LogP contribution in [0, 0.1) is 6.58 Å². The number of rotatable bonds is 26. The van der Waals surface area contributed by atoms with E-state index in [0.717, 1.165) is 46.0 Å². The van der Waals surface area contributed by atoms with Gasteiger partial charge in [0.1, 0.15) is 0 Å². The zero-order valence-corrected chi connectivity index (χ0v) is 30.5. The second-order valence-corrected chi connectivity index (χ2v) is 16.5. The topological polar surface area (TPSA) is 0 Å². The van der Waals surface area contributed by atoms with Crippen molar-refractivity contribution in [3.63, 3.8) is 0 Å². The predicted octanol–water partition coefficient (Wildman–Crippen LogP) is 8.77. The second kappa shape index (κ2) is 47.1. The molecule has 0 aliphatic heterocycles. The van der Waals surface area contributed by atoms with Crippen LogP contribution in [-0.4, -0.2) is 104 Å². The van der Waals surface area contributed by atoms with Crippen molar-refractivity contribution in [1.82, 2.24) is 0 Å². The van der Waals surface area contributed by atoms with Crippen molar-refractivity contribution in [2.45, 2.75) is 12.8 Å². The summed E-state index contributed by atoms with van der Waals surface area (Å²) in [5.41, 5.74) is 0. The van der Waals surface area contributed by atoms with Gasteiger partial charge in [-0.1, -0.05) is 6.08 Å². The van der Waals surface area contributed by atoms with Gasteiger partial charge in [0.25, 0.3) is 0 Å². The quantitative estimate of drug-likeness (QED) is 0.0306. The zero-order chi connectivity index (χ0) is 26.5. The van der Waals surface area contributed by atoms with Gasteiger partial charge >= 0.3 is 0 Å². The molecule has 0 aliphatic rings. The molecule has 0 aliphatic carbocycles. The summed E-state index contributed by atoms with van der Waals surface area (Å²) in [5, 5.41) is 0. The van der Waals surface area contributed by atoms with Gasteiger partial charge in [0, 0.05) is 51.8 Å². The Balaban J connectivity index is -0.000000594. The number of thioether (sulfide) groups is 7. The minimum absolute atomic E-state index is 0.923. The van der Waals surface area contributed by atoms with Crippen molar-refractivity contribution in [3.05, 3.63) is 25.3 Å². The van der Waals surface area contributed by atoms with Crippen LogP contribution in [0.4, 0.5) is 0 Å². The smallest absolute Gasteiger partial charge is 0.179 e. The lowest BCUT2D eigenvalue weighted by Crippen LogP contribution is -1.93. The average Bonchev–Trinajstić information content (AvgIpc) is 2.87. The molecule has 0 nitrogen and oxygen atoms in total. The largest absolute Gasteiger partial charge is 0.202 e. The van der Waals surface area contributed by atoms with Crippen LogP contribution in [0.25, 0.3) is 0 Å². The summed E-state index contributed by atoms with van der Waals surface area (Å²) in [5.74, 6) is 21.2. The molecule has 0 aromatic carbocycles. The molecule has 0 atom stereocenters. The summed E-state index contributed by atoms with van der Waals surface area (Å²) >= 11 is 30.6. The third-order valence-electron chi connectivity index (χ3n) is 3.29. The molecule has 0 aromatic heterocycles. The van der Waals surface area contributed by atoms with Gasteiger partial charge in [-0.05, 0) is 58.9 Å². The van der Waals surface area contributed by atoms with E-state index in [1.54, 1.807) is 17.8 Å². The summed E-state index contributed by atoms with van der Waals surface area (Å²) < 4.78 is 0. The predicted molar refractivity (Wildman–Crippen MR) is 205 cm³/mol. The summed E-state index contributed by atoms with van der Waals surface area (Å²) in [4.78, 5) is 0. The molecule has 0 saturated heterocycles. The minimum Gasteiger partial charge on any atom is -0.179 e. The molecule has 0 unspecified atom stereocenters. The molecule has 0 rings (SSSR count). The van der Waals surface area contributed by atoms with Crippen molar-refractivity contribution in [3.8, 4) is 0 Å². The molecule has 0 N–H and O–H groups in total. The van der Waals surface area contributed by atoms with Gasteiger partial charge in [-0.3, -0.25) is 0 Å². The molecule has 0 amide bonds. The molecule has 0 heterocycles. The van der Waals surface area contributed by atoms with Crippen LogP contribution in [0.15, 0.2) is 18.7 Å². The van der Waals surface area contributed by atoms with Gasteiger partial charge < -0.3 is 0 Å². The molecular weight excluding hydrogens is 641 g/mol. The van der Waals surface area contributed by atoms with Crippen molar-refractivity contribution in [2.24, 2.45) is 0 Å². The molecule has 0 radical (unpaired) electrons. The SMILES string of the molecule is SCCSCCS.SCCSCCSCCCSCCCSCCSCCS.[CH+]=CCSCC=C. The summed E-state index contributed by atoms with van der Waals surface area (Å²) in [6.07, 6.45) is 6.27. The highest BCUT2D eigenvalue weighted by Gasteiger charge is 1.95. The Hall–Kier alpha value is 3.24. The highest BCUT2D eigenvalue weighted by molar-refractivity contribution is 8.04. The normalized spacial score (nSPS) is 10.1. The van der Waals surface area contributed by atoms with Crippen LogP contribution >= 0.6 is 133 Å². The maximum Gasteiger partial charge on any atom is 0.202 e. The zero-order valence-electron chi connectivity index (χ0n) is 21.2. The monoisotopic (exact) mass is 689 g/mol. The van der Waals surface area contributed by atoms with Gasteiger partial charge in [0.2, 0.25) is 6.58 Å². The third kappa shape index (κ3) is 54.1. The molecular formula is C24H49S11+. The van der Waals surface area contributed by atoms with E-state index < -0.39 is 0 Å². The Morgan fingerprint density at radius 2 is 0.771 bits per heavy atom. The van der Waals surface area contributed by atoms with Crippen LogP contribution in [0.3, 0.4) is 0 Å². The Bertz CT molecular complexity index is 330. The standard InChI is InChI=1S/C14H30S7.C6H9S.C4H10S3/c15-3-9-20-13-11-18-7-1-5-17-6-2-8-19-12-14-21-10-4-16;1-3-5-7-6-4-2;5-1-3-7-4-2-6/h15-16H,1-14H2;1,3-4H,2,5-6H2;5-6H,1-4H2/q;+1;. The summed E-state index contributed by atoms with van der Waals surface area (Å²) in [6, 6.07) is 0. The first-order valence-corrected chi connectivity index (χ1v) is 22.5. The van der Waals surface area contributed by atoms with Gasteiger partial charge in [-0.2, -0.15) is 121 Å². The van der Waals surface area contributed by atoms with E-state index in [1.807, 2.05) is 41.4 Å². The molecule has 0 spiro atoms. The van der Waals surface area contributed by atoms with Crippen molar-refractivity contribution < 1.29 is 0 Å². The lowest BCUT2D eigenvalue weighted by atomic mass is 10.6. The van der Waals surface area contributed by atoms with Crippen molar-refractivity contribution >= 4 is 133 Å². The van der Waals surface area contributed by atoms with E-state index in [-0.39, 0.29) is 0 Å². The molecule has 0 saturated carbocycles. The van der Waals surface area contributed by atoms with E-state index in [4.69, 9.17) is 6.58 Å². The fraction of sp³-hybridized carbons (Fsp3) is 0.833. The van der Waals surface area contributed by atoms with E-state index >= 15 is 0 Å². The van der Waals surface area contributed by atoms with Crippen molar-refractivity contribution in [1.29, 1.82) is 0 Å². The second-order valence-electron chi connectivity index (χ2n) is 6.34. The van der Waals surface area contributed by atoms with Crippen LogP contribution in [-0.2, 0) is 0 Å². The molecule has 0 fully saturated rings. The first-order valence-electron chi connectivity index (χ1n) is 11.9. The molecule has 0 aromatic rings. The van der Waals surface area contributed by atoms with Gasteiger partial charge in [-0.15, -0.1) is 18.3 Å². The maximum atomic E-state index is 5.09. The average molecular weight is 690 g/mol. The van der Waals surface area contributed by atoms with Gasteiger partial charge in [0.05, 0.1) is 5.75 Å². The Morgan fingerprint density at radius 1 is 0.457 bits per heavy atom. The van der Waals surface area contributed by atoms with E-state index in [9.17, 15) is 0 Å². The van der Waals surface area contributed by atoms with Crippen LogP contribution in [0.1, 0.15) is 12.8 Å². The molecule has 210 valence electrons. The fourth-order valence-corrected chi connectivity index (χ4v) is 9.23. The minimum atomic E-state index is 0.923. The number of thiol groups is 4. The van der Waals surface area contributed by atoms with Crippen LogP contribution in [0.5, 0.6) is 0 Å². The summed E-state index contributed by atoms with van der Waals surface area (Å²) in [6.45, 7) is 8.65. The van der Waals surface area contributed by atoms with Gasteiger partial charge in [-0.25, -0.2) is 0 Å². The number of hydrogen-bond donors (Lipinski definition) is 4. The highest BCUT2D eigenvalue weighted by Crippen LogP contribution is 2.13. The van der Waals surface area contributed by atoms with Crippen LogP contribution < -0.4 is 0 Å². The Morgan fingerprint density at radius 3 is 1.09 bits per heavy atom. The molecule has 35 heavy (non-hydrogen) atoms. The van der Waals surface area contributed by atoms with E-state index in [0.29, 0.717) is 0 Å². The molecule has 0 bridgehead atoms. The third-order valence-corrected chi connectivity index (χ3v) is 13.1. The lowest BCUT2D eigenvalue weighted by Gasteiger charge is -2.03. The summed E-state index contributed by atoms with van der Waals surface area (Å²) in [7, 11) is 0. The van der Waals surface area contributed by atoms with Crippen molar-refractivity contribution in [2.75, 3.05) is 104 Å².